The van der Waals surface area contributed by atoms with Crippen LogP contribution in [0.5, 0.6) is 5.75 Å². The molecule has 0 aliphatic carbocycles. The van der Waals surface area contributed by atoms with Crippen molar-refractivity contribution in [3.63, 3.8) is 0 Å². The van der Waals surface area contributed by atoms with Gasteiger partial charge in [-0.2, -0.15) is 0 Å². The third-order valence-corrected chi connectivity index (χ3v) is 9.03. The number of fused-ring (bicyclic) bond motifs is 2. The van der Waals surface area contributed by atoms with Crippen molar-refractivity contribution in [2.24, 2.45) is 4.99 Å². The first kappa shape index (κ1) is 29.8. The maximum atomic E-state index is 14.3. The Balaban J connectivity index is 1.58. The summed E-state index contributed by atoms with van der Waals surface area (Å²) >= 11 is 1.20. The van der Waals surface area contributed by atoms with Gasteiger partial charge in [0.25, 0.3) is 11.5 Å². The first-order valence-corrected chi connectivity index (χ1v) is 15.4. The van der Waals surface area contributed by atoms with Crippen molar-refractivity contribution in [1.29, 1.82) is 0 Å². The highest BCUT2D eigenvalue weighted by Crippen LogP contribution is 2.40. The number of aromatic carboxylic acids is 1. The van der Waals surface area contributed by atoms with Gasteiger partial charge in [-0.25, -0.2) is 9.79 Å². The van der Waals surface area contributed by atoms with E-state index in [0.717, 1.165) is 10.8 Å². The second-order valence-corrected chi connectivity index (χ2v) is 11.5. The van der Waals surface area contributed by atoms with Crippen molar-refractivity contribution in [2.75, 3.05) is 20.2 Å². The lowest BCUT2D eigenvalue weighted by Gasteiger charge is -2.30. The Morgan fingerprint density at radius 3 is 2.51 bits per heavy atom. The Hall–Kier alpha value is -5.22. The maximum absolute atomic E-state index is 14.3. The standard InChI is InChI=1S/C35H31N3O6S/c1-5-37(6-2)33(40)29-20(3)36-35-38(31(29)30-23-12-8-7-11-21(23)15-17-27(30)43-4)32(39)28(45-35)19-22-16-18-26(44-22)24-13-9-10-14-25(24)34(41)42/h7-19,31H,5-6H2,1-4H3,(H,41,42)/b28-19+/t31-/m0/s1. The van der Waals surface area contributed by atoms with Crippen LogP contribution in [0.15, 0.2) is 98.3 Å². The number of amides is 1. The van der Waals surface area contributed by atoms with E-state index >= 15 is 0 Å². The van der Waals surface area contributed by atoms with Gasteiger partial charge in [-0.15, -0.1) is 0 Å². The molecular weight excluding hydrogens is 590 g/mol. The number of hydrogen-bond acceptors (Lipinski definition) is 7. The third-order valence-electron chi connectivity index (χ3n) is 8.05. The highest BCUT2D eigenvalue weighted by Gasteiger charge is 2.36. The Labute approximate surface area is 262 Å². The Bertz CT molecular complexity index is 2180. The van der Waals surface area contributed by atoms with Gasteiger partial charge >= 0.3 is 5.97 Å². The van der Waals surface area contributed by atoms with Gasteiger partial charge in [-0.1, -0.05) is 59.9 Å². The molecule has 0 fully saturated rings. The van der Waals surface area contributed by atoms with Crippen LogP contribution in [0.4, 0.5) is 0 Å². The number of ether oxygens (including phenoxy) is 1. The minimum atomic E-state index is -1.06. The summed E-state index contributed by atoms with van der Waals surface area (Å²) in [6.07, 6.45) is 1.62. The van der Waals surface area contributed by atoms with Crippen LogP contribution < -0.4 is 19.6 Å². The molecule has 0 unspecified atom stereocenters. The number of rotatable bonds is 8. The minimum Gasteiger partial charge on any atom is -0.496 e. The predicted molar refractivity (Wildman–Crippen MR) is 173 cm³/mol. The zero-order valence-corrected chi connectivity index (χ0v) is 26.1. The number of carboxylic acid groups (broad SMARTS) is 1. The molecule has 0 radical (unpaired) electrons. The summed E-state index contributed by atoms with van der Waals surface area (Å²) in [5, 5.41) is 11.4. The molecule has 0 spiro atoms. The molecule has 3 aromatic carbocycles. The lowest BCUT2D eigenvalue weighted by molar-refractivity contribution is -0.127. The number of allylic oxidation sites excluding steroid dienone is 1. The Kier molecular flexibility index (Phi) is 7.99. The van der Waals surface area contributed by atoms with Gasteiger partial charge in [-0.3, -0.25) is 14.2 Å². The number of carbonyl (C=O) groups is 2. The molecule has 2 aromatic heterocycles. The Morgan fingerprint density at radius 1 is 1.04 bits per heavy atom. The van der Waals surface area contributed by atoms with Crippen LogP contribution in [0.25, 0.3) is 28.2 Å². The first-order chi connectivity index (χ1) is 21.8. The van der Waals surface area contributed by atoms with Gasteiger partial charge in [0, 0.05) is 30.3 Å². The number of carbonyl (C=O) groups excluding carboxylic acids is 1. The van der Waals surface area contributed by atoms with Crippen LogP contribution >= 0.6 is 11.3 Å². The molecule has 1 N–H and O–H groups in total. The molecule has 5 aromatic rings. The van der Waals surface area contributed by atoms with Crippen molar-refractivity contribution < 1.29 is 23.8 Å². The normalized spacial score (nSPS) is 14.8. The van der Waals surface area contributed by atoms with E-state index in [1.165, 1.54) is 17.4 Å². The number of furan rings is 1. The average Bonchev–Trinajstić information content (AvgIpc) is 3.64. The lowest BCUT2D eigenvalue weighted by atomic mass is 9.90. The fraction of sp³-hybridized carbons (Fsp3) is 0.200. The largest absolute Gasteiger partial charge is 0.496 e. The van der Waals surface area contributed by atoms with Crippen LogP contribution in [0, 0.1) is 0 Å². The topological polar surface area (TPSA) is 114 Å². The first-order valence-electron chi connectivity index (χ1n) is 14.6. The van der Waals surface area contributed by atoms with Gasteiger partial charge < -0.3 is 19.2 Å². The number of nitrogens with zero attached hydrogens (tertiary/aromatic N) is 3. The van der Waals surface area contributed by atoms with Crippen LogP contribution in [0.3, 0.4) is 0 Å². The highest BCUT2D eigenvalue weighted by molar-refractivity contribution is 7.07. The van der Waals surface area contributed by atoms with E-state index in [-0.39, 0.29) is 17.0 Å². The van der Waals surface area contributed by atoms with E-state index in [9.17, 15) is 19.5 Å². The van der Waals surface area contributed by atoms with Crippen LogP contribution in [0.2, 0.25) is 0 Å². The summed E-state index contributed by atoms with van der Waals surface area (Å²) < 4.78 is 13.8. The van der Waals surface area contributed by atoms with E-state index in [0.29, 0.717) is 62.1 Å². The van der Waals surface area contributed by atoms with Crippen molar-refractivity contribution in [3.8, 4) is 17.1 Å². The summed E-state index contributed by atoms with van der Waals surface area (Å²) in [5.74, 6) is 0.0493. The minimum absolute atomic E-state index is 0.114. The van der Waals surface area contributed by atoms with Crippen LogP contribution in [0.1, 0.15) is 48.5 Å². The summed E-state index contributed by atoms with van der Waals surface area (Å²) in [4.78, 5) is 47.1. The van der Waals surface area contributed by atoms with Gasteiger partial charge in [0.15, 0.2) is 4.80 Å². The average molecular weight is 622 g/mol. The molecule has 1 aliphatic heterocycles. The van der Waals surface area contributed by atoms with E-state index in [2.05, 4.69) is 0 Å². The molecule has 1 atom stereocenters. The third kappa shape index (κ3) is 5.17. The molecular formula is C35H31N3O6S. The molecule has 45 heavy (non-hydrogen) atoms. The number of methoxy groups -OCH3 is 1. The van der Waals surface area contributed by atoms with Crippen molar-refractivity contribution in [3.05, 3.63) is 121 Å². The van der Waals surface area contributed by atoms with E-state index < -0.39 is 12.0 Å². The molecule has 0 saturated carbocycles. The van der Waals surface area contributed by atoms with Crippen molar-refractivity contribution >= 4 is 40.1 Å². The van der Waals surface area contributed by atoms with E-state index in [4.69, 9.17) is 14.1 Å². The summed E-state index contributed by atoms with van der Waals surface area (Å²) in [6.45, 7) is 6.65. The summed E-state index contributed by atoms with van der Waals surface area (Å²) in [6, 6.07) is 20.8. The van der Waals surface area contributed by atoms with Crippen molar-refractivity contribution in [1.82, 2.24) is 9.47 Å². The predicted octanol–water partition coefficient (Wildman–Crippen LogP) is 5.22. The van der Waals surface area contributed by atoms with Crippen LogP contribution in [-0.2, 0) is 4.79 Å². The smallest absolute Gasteiger partial charge is 0.336 e. The molecule has 3 heterocycles. The van der Waals surface area contributed by atoms with E-state index in [1.807, 2.05) is 50.2 Å². The van der Waals surface area contributed by atoms with E-state index in [1.54, 1.807) is 59.9 Å². The molecule has 1 aliphatic rings. The van der Waals surface area contributed by atoms with Gasteiger partial charge in [-0.05, 0) is 55.8 Å². The number of likely N-dealkylation sites (N-methyl/N-ethyl adjacent to an activating group) is 1. The molecule has 0 bridgehead atoms. The second-order valence-electron chi connectivity index (χ2n) is 10.5. The maximum Gasteiger partial charge on any atom is 0.336 e. The van der Waals surface area contributed by atoms with Gasteiger partial charge in [0.2, 0.25) is 0 Å². The number of hydrogen-bond donors (Lipinski definition) is 1. The molecule has 9 nitrogen and oxygen atoms in total. The quantitative estimate of drug-likeness (QED) is 0.254. The second kappa shape index (κ2) is 12.0. The molecule has 228 valence electrons. The molecule has 1 amide bonds. The number of benzene rings is 3. The summed E-state index contributed by atoms with van der Waals surface area (Å²) in [7, 11) is 1.58. The number of thiazole rings is 1. The zero-order chi connectivity index (χ0) is 31.8. The molecule has 0 saturated heterocycles. The number of aromatic nitrogens is 1. The lowest BCUT2D eigenvalue weighted by Crippen LogP contribution is -2.43. The van der Waals surface area contributed by atoms with Gasteiger partial charge in [0.1, 0.15) is 23.3 Å². The van der Waals surface area contributed by atoms with Crippen molar-refractivity contribution in [2.45, 2.75) is 26.8 Å². The highest BCUT2D eigenvalue weighted by atomic mass is 32.1. The Morgan fingerprint density at radius 2 is 1.78 bits per heavy atom. The monoisotopic (exact) mass is 621 g/mol. The molecule has 10 heteroatoms. The fourth-order valence-electron chi connectivity index (χ4n) is 5.87. The molecule has 6 rings (SSSR count). The number of carboxylic acids is 1. The zero-order valence-electron chi connectivity index (χ0n) is 25.2. The fourth-order valence-corrected chi connectivity index (χ4v) is 6.90. The summed E-state index contributed by atoms with van der Waals surface area (Å²) in [5.41, 5.74) is 1.87. The SMILES string of the molecule is CCN(CC)C(=O)C1=C(C)N=c2s/c(=C/c3ccc(-c4ccccc4C(=O)O)o3)c(=O)n2[C@@H]1c1c(OC)ccc2ccccc12. The van der Waals surface area contributed by atoms with Crippen LogP contribution in [-0.4, -0.2) is 46.6 Å². The van der Waals surface area contributed by atoms with Gasteiger partial charge in [0.05, 0.1) is 28.5 Å².